The third-order valence-electron chi connectivity index (χ3n) is 5.71. The Labute approximate surface area is 207 Å². The molecule has 1 aromatic heterocycles. The molecule has 0 bridgehead atoms. The molecule has 0 unspecified atom stereocenters. The van der Waals surface area contributed by atoms with Gasteiger partial charge < -0.3 is 9.88 Å². The predicted molar refractivity (Wildman–Crippen MR) is 134 cm³/mol. The number of carbonyl (C=O) groups excluding carboxylic acids is 2. The van der Waals surface area contributed by atoms with E-state index in [0.717, 1.165) is 11.1 Å². The minimum absolute atomic E-state index is 0.0163. The van der Waals surface area contributed by atoms with E-state index < -0.39 is 4.92 Å². The van der Waals surface area contributed by atoms with Crippen molar-refractivity contribution in [2.75, 3.05) is 0 Å². The summed E-state index contributed by atoms with van der Waals surface area (Å²) in [7, 11) is 0. The third-order valence-corrected chi connectivity index (χ3v) is 5.94. The van der Waals surface area contributed by atoms with Gasteiger partial charge in [-0.05, 0) is 36.2 Å². The van der Waals surface area contributed by atoms with Crippen molar-refractivity contribution in [3.05, 3.63) is 134 Å². The molecule has 0 atom stereocenters. The molecule has 4 aromatic rings. The number of rotatable bonds is 8. The second kappa shape index (κ2) is 10.4. The molecule has 3 aromatic carbocycles. The quantitative estimate of drug-likeness (QED) is 0.200. The van der Waals surface area contributed by atoms with Crippen LogP contribution in [0, 0.1) is 17.0 Å². The van der Waals surface area contributed by atoms with Gasteiger partial charge in [-0.3, -0.25) is 19.7 Å². The number of halogens is 1. The standard InChI is InChI=1S/C27H22ClN3O4/c1-18-24(26(32)21-7-3-2-4-8-21)15-25(27(33)29-16-20-6-5-9-22(28)14-20)30(18)17-19-10-12-23(13-11-19)31(34)35/h2-15H,16-17H2,1H3,(H,29,33). The Morgan fingerprint density at radius 1 is 0.943 bits per heavy atom. The Bertz CT molecular complexity index is 1400. The number of aromatic nitrogens is 1. The lowest BCUT2D eigenvalue weighted by Crippen LogP contribution is -2.26. The highest BCUT2D eigenvalue weighted by molar-refractivity contribution is 6.30. The predicted octanol–water partition coefficient (Wildman–Crippen LogP) is 5.57. The highest BCUT2D eigenvalue weighted by Gasteiger charge is 2.23. The maximum absolute atomic E-state index is 13.2. The van der Waals surface area contributed by atoms with Crippen LogP contribution in [0.1, 0.15) is 43.2 Å². The van der Waals surface area contributed by atoms with Crippen LogP contribution in [0.3, 0.4) is 0 Å². The Morgan fingerprint density at radius 3 is 2.31 bits per heavy atom. The minimum atomic E-state index is -0.462. The fraction of sp³-hybridized carbons (Fsp3) is 0.111. The number of hydrogen-bond donors (Lipinski definition) is 1. The molecule has 0 aliphatic heterocycles. The van der Waals surface area contributed by atoms with Crippen LogP contribution in [-0.4, -0.2) is 21.2 Å². The van der Waals surface area contributed by atoms with Crippen molar-refractivity contribution in [3.63, 3.8) is 0 Å². The van der Waals surface area contributed by atoms with Crippen LogP contribution in [0.5, 0.6) is 0 Å². The first-order chi connectivity index (χ1) is 16.8. The summed E-state index contributed by atoms with van der Waals surface area (Å²) in [5, 5.41) is 14.5. The Kier molecular flexibility index (Phi) is 7.08. The summed E-state index contributed by atoms with van der Waals surface area (Å²) in [5.74, 6) is -0.531. The second-order valence-electron chi connectivity index (χ2n) is 8.05. The molecular weight excluding hydrogens is 466 g/mol. The zero-order valence-corrected chi connectivity index (χ0v) is 19.7. The number of ketones is 1. The van der Waals surface area contributed by atoms with E-state index in [1.165, 1.54) is 12.1 Å². The van der Waals surface area contributed by atoms with Crippen LogP contribution in [0.25, 0.3) is 0 Å². The van der Waals surface area contributed by atoms with Crippen LogP contribution in [0.15, 0.2) is 84.9 Å². The fourth-order valence-corrected chi connectivity index (χ4v) is 4.05. The van der Waals surface area contributed by atoms with E-state index in [-0.39, 0.29) is 30.5 Å². The normalized spacial score (nSPS) is 10.7. The summed E-state index contributed by atoms with van der Waals surface area (Å²) in [6.45, 7) is 2.32. The molecule has 4 rings (SSSR count). The fourth-order valence-electron chi connectivity index (χ4n) is 3.84. The van der Waals surface area contributed by atoms with Crippen molar-refractivity contribution in [3.8, 4) is 0 Å². The molecule has 0 aliphatic carbocycles. The smallest absolute Gasteiger partial charge is 0.269 e. The highest BCUT2D eigenvalue weighted by atomic mass is 35.5. The van der Waals surface area contributed by atoms with Gasteiger partial charge in [-0.25, -0.2) is 0 Å². The molecular formula is C27H22ClN3O4. The Balaban J connectivity index is 1.67. The van der Waals surface area contributed by atoms with Crippen LogP contribution in [0.4, 0.5) is 5.69 Å². The Morgan fingerprint density at radius 2 is 1.66 bits per heavy atom. The Hall–Kier alpha value is -4.23. The average Bonchev–Trinajstić information content (AvgIpc) is 3.19. The van der Waals surface area contributed by atoms with Crippen LogP contribution in [-0.2, 0) is 13.1 Å². The molecule has 0 radical (unpaired) electrons. The van der Waals surface area contributed by atoms with Crippen LogP contribution >= 0.6 is 11.6 Å². The number of benzene rings is 3. The lowest BCUT2D eigenvalue weighted by molar-refractivity contribution is -0.384. The summed E-state index contributed by atoms with van der Waals surface area (Å²) < 4.78 is 1.75. The molecule has 176 valence electrons. The van der Waals surface area contributed by atoms with E-state index in [1.54, 1.807) is 66.1 Å². The molecule has 0 fully saturated rings. The molecule has 1 N–H and O–H groups in total. The van der Waals surface area contributed by atoms with E-state index in [9.17, 15) is 19.7 Å². The number of amides is 1. The van der Waals surface area contributed by atoms with Gasteiger partial charge in [0.25, 0.3) is 11.6 Å². The van der Waals surface area contributed by atoms with Crippen molar-refractivity contribution in [1.82, 2.24) is 9.88 Å². The van der Waals surface area contributed by atoms with Crippen molar-refractivity contribution < 1.29 is 14.5 Å². The first-order valence-electron chi connectivity index (χ1n) is 10.9. The third kappa shape index (κ3) is 5.47. The average molecular weight is 488 g/mol. The first-order valence-corrected chi connectivity index (χ1v) is 11.3. The van der Waals surface area contributed by atoms with E-state index >= 15 is 0 Å². The topological polar surface area (TPSA) is 94.2 Å². The number of nitrogens with one attached hydrogen (secondary N) is 1. The van der Waals surface area contributed by atoms with Gasteiger partial charge in [-0.1, -0.05) is 66.2 Å². The van der Waals surface area contributed by atoms with E-state index in [4.69, 9.17) is 11.6 Å². The lowest BCUT2D eigenvalue weighted by Gasteiger charge is -2.13. The number of nitro groups is 1. The maximum atomic E-state index is 13.2. The molecule has 0 aliphatic rings. The monoisotopic (exact) mass is 487 g/mol. The SMILES string of the molecule is Cc1c(C(=O)c2ccccc2)cc(C(=O)NCc2cccc(Cl)c2)n1Cc1ccc([N+](=O)[O-])cc1. The van der Waals surface area contributed by atoms with Gasteiger partial charge >= 0.3 is 0 Å². The molecule has 0 spiro atoms. The van der Waals surface area contributed by atoms with Gasteiger partial charge in [0, 0.05) is 47.1 Å². The van der Waals surface area contributed by atoms with Gasteiger partial charge in [-0.15, -0.1) is 0 Å². The zero-order valence-electron chi connectivity index (χ0n) is 18.9. The summed E-state index contributed by atoms with van der Waals surface area (Å²) in [6, 6.07) is 23.8. The van der Waals surface area contributed by atoms with Crippen molar-refractivity contribution in [2.45, 2.75) is 20.0 Å². The molecule has 8 heteroatoms. The van der Waals surface area contributed by atoms with Gasteiger partial charge in [0.1, 0.15) is 5.69 Å². The first kappa shape index (κ1) is 23.9. The van der Waals surface area contributed by atoms with E-state index in [1.807, 2.05) is 18.2 Å². The molecule has 7 nitrogen and oxygen atoms in total. The molecule has 1 amide bonds. The minimum Gasteiger partial charge on any atom is -0.347 e. The van der Waals surface area contributed by atoms with Gasteiger partial charge in [0.2, 0.25) is 0 Å². The zero-order chi connectivity index (χ0) is 24.9. The number of nitrogens with zero attached hydrogens (tertiary/aromatic N) is 2. The van der Waals surface area contributed by atoms with Gasteiger partial charge in [-0.2, -0.15) is 0 Å². The summed E-state index contributed by atoms with van der Waals surface area (Å²) in [5.41, 5.74) is 3.48. The highest BCUT2D eigenvalue weighted by Crippen LogP contribution is 2.22. The summed E-state index contributed by atoms with van der Waals surface area (Å²) in [4.78, 5) is 37.0. The summed E-state index contributed by atoms with van der Waals surface area (Å²) in [6.07, 6.45) is 0. The number of nitro benzene ring substituents is 1. The lowest BCUT2D eigenvalue weighted by atomic mass is 10.0. The van der Waals surface area contributed by atoms with Crippen molar-refractivity contribution in [1.29, 1.82) is 0 Å². The van der Waals surface area contributed by atoms with Crippen molar-refractivity contribution >= 4 is 29.0 Å². The maximum Gasteiger partial charge on any atom is 0.269 e. The van der Waals surface area contributed by atoms with Crippen LogP contribution < -0.4 is 5.32 Å². The number of non-ortho nitro benzene ring substituents is 1. The van der Waals surface area contributed by atoms with Gasteiger partial charge in [0.05, 0.1) is 4.92 Å². The van der Waals surface area contributed by atoms with E-state index in [2.05, 4.69) is 5.32 Å². The molecule has 0 saturated heterocycles. The number of carbonyl (C=O) groups is 2. The van der Waals surface area contributed by atoms with Gasteiger partial charge in [0.15, 0.2) is 5.78 Å². The summed E-state index contributed by atoms with van der Waals surface area (Å²) >= 11 is 6.04. The number of hydrogen-bond acceptors (Lipinski definition) is 4. The largest absolute Gasteiger partial charge is 0.347 e. The molecule has 35 heavy (non-hydrogen) atoms. The molecule has 0 saturated carbocycles. The van der Waals surface area contributed by atoms with Crippen molar-refractivity contribution in [2.24, 2.45) is 0 Å². The molecule has 1 heterocycles. The second-order valence-corrected chi connectivity index (χ2v) is 8.48. The van der Waals surface area contributed by atoms with E-state index in [0.29, 0.717) is 27.5 Å². The van der Waals surface area contributed by atoms with Crippen LogP contribution in [0.2, 0.25) is 5.02 Å².